The Labute approximate surface area is 170 Å². The lowest BCUT2D eigenvalue weighted by molar-refractivity contribution is -0.113. The van der Waals surface area contributed by atoms with E-state index in [1.165, 1.54) is 16.7 Å². The quantitative estimate of drug-likeness (QED) is 0.483. The van der Waals surface area contributed by atoms with Crippen LogP contribution in [0.3, 0.4) is 0 Å². The van der Waals surface area contributed by atoms with Gasteiger partial charge in [0, 0.05) is 16.7 Å². The molecule has 0 radical (unpaired) electrons. The van der Waals surface area contributed by atoms with E-state index in [2.05, 4.69) is 0 Å². The van der Waals surface area contributed by atoms with Gasteiger partial charge in [0.2, 0.25) is 0 Å². The number of methoxy groups -OCH3 is 2. The molecule has 26 heavy (non-hydrogen) atoms. The van der Waals surface area contributed by atoms with Gasteiger partial charge in [-0.3, -0.25) is 9.69 Å². The molecule has 8 heteroatoms. The summed E-state index contributed by atoms with van der Waals surface area (Å²) in [6.45, 7) is 0. The summed E-state index contributed by atoms with van der Waals surface area (Å²) in [4.78, 5) is 14.8. The van der Waals surface area contributed by atoms with Crippen LogP contribution in [0.25, 0.3) is 6.08 Å². The lowest BCUT2D eigenvalue weighted by atomic mass is 10.1. The number of halogens is 2. The molecule has 2 aromatic carbocycles. The Kier molecular flexibility index (Phi) is 5.77. The van der Waals surface area contributed by atoms with Gasteiger partial charge in [0.25, 0.3) is 5.91 Å². The normalized spacial score (nSPS) is 15.7. The van der Waals surface area contributed by atoms with Crippen LogP contribution >= 0.6 is 47.2 Å². The molecule has 1 fully saturated rings. The number of anilines is 1. The summed E-state index contributed by atoms with van der Waals surface area (Å²) < 4.78 is 11.0. The molecule has 0 aliphatic carbocycles. The third kappa shape index (κ3) is 3.69. The Morgan fingerprint density at radius 3 is 2.54 bits per heavy atom. The van der Waals surface area contributed by atoms with Crippen molar-refractivity contribution in [1.29, 1.82) is 0 Å². The highest BCUT2D eigenvalue weighted by atomic mass is 35.5. The molecule has 0 N–H and O–H groups in total. The zero-order valence-corrected chi connectivity index (χ0v) is 16.9. The SMILES string of the molecule is COc1ccc(/C=C2\SC(=S)N(c3ccc(Cl)cc3Cl)C2=O)c(OC)c1. The van der Waals surface area contributed by atoms with Gasteiger partial charge in [-0.1, -0.05) is 47.2 Å². The van der Waals surface area contributed by atoms with Crippen LogP contribution in [0.4, 0.5) is 5.69 Å². The fraction of sp³-hybridized carbons (Fsp3) is 0.111. The van der Waals surface area contributed by atoms with Crippen molar-refractivity contribution >= 4 is 69.2 Å². The average molecular weight is 426 g/mol. The smallest absolute Gasteiger partial charge is 0.270 e. The van der Waals surface area contributed by atoms with Gasteiger partial charge in [-0.15, -0.1) is 0 Å². The minimum atomic E-state index is -0.248. The molecule has 1 amide bonds. The molecule has 1 saturated heterocycles. The molecule has 0 aromatic heterocycles. The first-order chi connectivity index (χ1) is 12.4. The predicted molar refractivity (Wildman–Crippen MR) is 112 cm³/mol. The average Bonchev–Trinajstić information content (AvgIpc) is 2.89. The molecule has 3 rings (SSSR count). The summed E-state index contributed by atoms with van der Waals surface area (Å²) in [6, 6.07) is 10.3. The van der Waals surface area contributed by atoms with Crippen LogP contribution in [0.5, 0.6) is 11.5 Å². The fourth-order valence-electron chi connectivity index (χ4n) is 2.42. The van der Waals surface area contributed by atoms with E-state index in [-0.39, 0.29) is 5.91 Å². The molecular formula is C18H13Cl2NO3S2. The number of rotatable bonds is 4. The Balaban J connectivity index is 1.97. The first-order valence-electron chi connectivity index (χ1n) is 7.39. The van der Waals surface area contributed by atoms with Crippen LogP contribution in [0.2, 0.25) is 10.0 Å². The van der Waals surface area contributed by atoms with Gasteiger partial charge in [0.15, 0.2) is 4.32 Å². The Hall–Kier alpha value is -1.73. The number of thiocarbonyl (C=S) groups is 1. The summed E-state index contributed by atoms with van der Waals surface area (Å²) in [6.07, 6.45) is 1.74. The molecule has 4 nitrogen and oxygen atoms in total. The van der Waals surface area contributed by atoms with Crippen molar-refractivity contribution in [2.24, 2.45) is 0 Å². The van der Waals surface area contributed by atoms with Gasteiger partial charge in [0.05, 0.1) is 29.8 Å². The minimum Gasteiger partial charge on any atom is -0.497 e. The maximum absolute atomic E-state index is 12.9. The van der Waals surface area contributed by atoms with Crippen LogP contribution in [-0.4, -0.2) is 24.4 Å². The van der Waals surface area contributed by atoms with E-state index in [0.717, 1.165) is 5.56 Å². The maximum atomic E-state index is 12.9. The number of amides is 1. The van der Waals surface area contributed by atoms with Crippen molar-refractivity contribution in [3.8, 4) is 11.5 Å². The number of thioether (sulfide) groups is 1. The number of hydrogen-bond donors (Lipinski definition) is 0. The van der Waals surface area contributed by atoms with Crippen molar-refractivity contribution in [3.05, 3.63) is 56.9 Å². The lowest BCUT2D eigenvalue weighted by Gasteiger charge is -2.16. The van der Waals surface area contributed by atoms with Crippen molar-refractivity contribution in [2.45, 2.75) is 0 Å². The van der Waals surface area contributed by atoms with E-state index in [4.69, 9.17) is 44.9 Å². The highest BCUT2D eigenvalue weighted by Gasteiger charge is 2.34. The van der Waals surface area contributed by atoms with Crippen molar-refractivity contribution in [3.63, 3.8) is 0 Å². The number of carbonyl (C=O) groups excluding carboxylic acids is 1. The molecule has 0 unspecified atom stereocenters. The maximum Gasteiger partial charge on any atom is 0.270 e. The first kappa shape index (κ1) is 19.0. The summed E-state index contributed by atoms with van der Waals surface area (Å²) in [5.41, 5.74) is 1.25. The number of nitrogens with zero attached hydrogens (tertiary/aromatic N) is 1. The Bertz CT molecular complexity index is 931. The molecule has 0 saturated carbocycles. The number of hydrogen-bond acceptors (Lipinski definition) is 5. The highest BCUT2D eigenvalue weighted by Crippen LogP contribution is 2.40. The summed E-state index contributed by atoms with van der Waals surface area (Å²) in [7, 11) is 3.14. The largest absolute Gasteiger partial charge is 0.497 e. The van der Waals surface area contributed by atoms with Crippen LogP contribution in [0.1, 0.15) is 5.56 Å². The molecular weight excluding hydrogens is 413 g/mol. The molecule has 2 aromatic rings. The van der Waals surface area contributed by atoms with Gasteiger partial charge in [-0.2, -0.15) is 0 Å². The zero-order chi connectivity index (χ0) is 18.8. The first-order valence-corrected chi connectivity index (χ1v) is 9.37. The van der Waals surface area contributed by atoms with Crippen LogP contribution < -0.4 is 14.4 Å². The second-order valence-electron chi connectivity index (χ2n) is 5.22. The summed E-state index contributed by atoms with van der Waals surface area (Å²) >= 11 is 18.7. The molecule has 1 aliphatic heterocycles. The number of ether oxygens (including phenoxy) is 2. The molecule has 0 spiro atoms. The molecule has 0 bridgehead atoms. The van der Waals surface area contributed by atoms with E-state index in [1.807, 2.05) is 6.07 Å². The lowest BCUT2D eigenvalue weighted by Crippen LogP contribution is -2.27. The second kappa shape index (κ2) is 7.88. The standard InChI is InChI=1S/C18H13Cl2NO3S2/c1-23-12-5-3-10(15(9-12)24-2)7-16-17(22)21(18(25)26-16)14-6-4-11(19)8-13(14)20/h3-9H,1-2H3/b16-7-. The molecule has 1 heterocycles. The predicted octanol–water partition coefficient (Wildman–Crippen LogP) is 5.42. The molecule has 1 aliphatic rings. The van der Waals surface area contributed by atoms with Crippen LogP contribution in [0.15, 0.2) is 41.3 Å². The van der Waals surface area contributed by atoms with E-state index < -0.39 is 0 Å². The van der Waals surface area contributed by atoms with Gasteiger partial charge in [-0.25, -0.2) is 0 Å². The van der Waals surface area contributed by atoms with Crippen LogP contribution in [-0.2, 0) is 4.79 Å². The highest BCUT2D eigenvalue weighted by molar-refractivity contribution is 8.27. The zero-order valence-electron chi connectivity index (χ0n) is 13.8. The second-order valence-corrected chi connectivity index (χ2v) is 7.74. The number of benzene rings is 2. The monoisotopic (exact) mass is 425 g/mol. The molecule has 134 valence electrons. The van der Waals surface area contributed by atoms with Crippen molar-refractivity contribution < 1.29 is 14.3 Å². The van der Waals surface area contributed by atoms with Gasteiger partial charge in [-0.05, 0) is 36.4 Å². The van der Waals surface area contributed by atoms with Gasteiger partial charge in [0.1, 0.15) is 11.5 Å². The Morgan fingerprint density at radius 2 is 1.88 bits per heavy atom. The molecule has 0 atom stereocenters. The van der Waals surface area contributed by atoms with E-state index in [9.17, 15) is 4.79 Å². The van der Waals surface area contributed by atoms with E-state index >= 15 is 0 Å². The van der Waals surface area contributed by atoms with Gasteiger partial charge < -0.3 is 9.47 Å². The third-order valence-corrected chi connectivity index (χ3v) is 5.51. The van der Waals surface area contributed by atoms with E-state index in [0.29, 0.717) is 36.5 Å². The van der Waals surface area contributed by atoms with Crippen LogP contribution in [0, 0.1) is 0 Å². The topological polar surface area (TPSA) is 38.8 Å². The van der Waals surface area contributed by atoms with Crippen molar-refractivity contribution in [2.75, 3.05) is 19.1 Å². The van der Waals surface area contributed by atoms with Gasteiger partial charge >= 0.3 is 0 Å². The number of carbonyl (C=O) groups is 1. The fourth-order valence-corrected chi connectivity index (χ4v) is 4.19. The van der Waals surface area contributed by atoms with E-state index in [1.54, 1.807) is 50.6 Å². The summed E-state index contributed by atoms with van der Waals surface area (Å²) in [5, 5.41) is 0.847. The minimum absolute atomic E-state index is 0.248. The Morgan fingerprint density at radius 1 is 1.12 bits per heavy atom. The van der Waals surface area contributed by atoms with Crippen molar-refractivity contribution in [1.82, 2.24) is 0 Å². The third-order valence-electron chi connectivity index (χ3n) is 3.67. The summed E-state index contributed by atoms with van der Waals surface area (Å²) in [5.74, 6) is 1.01.